The molecule has 2 N–H and O–H groups in total. The summed E-state index contributed by atoms with van der Waals surface area (Å²) >= 11 is 0. The summed E-state index contributed by atoms with van der Waals surface area (Å²) in [6.07, 6.45) is 1.67. The molecule has 1 aromatic carbocycles. The predicted octanol–water partition coefficient (Wildman–Crippen LogP) is 2.88. The van der Waals surface area contributed by atoms with Crippen LogP contribution >= 0.6 is 0 Å². The van der Waals surface area contributed by atoms with E-state index in [1.807, 2.05) is 18.2 Å². The third-order valence-corrected chi connectivity index (χ3v) is 2.82. The van der Waals surface area contributed by atoms with Crippen LogP contribution in [-0.2, 0) is 0 Å². The van der Waals surface area contributed by atoms with Gasteiger partial charge in [-0.1, -0.05) is 6.07 Å². The normalized spacial score (nSPS) is 10.2. The Kier molecular flexibility index (Phi) is 2.90. The maximum atomic E-state index is 8.84. The molecule has 0 aliphatic carbocycles. The van der Waals surface area contributed by atoms with Gasteiger partial charge in [0.2, 0.25) is 5.88 Å². The zero-order valence-electron chi connectivity index (χ0n) is 10.4. The van der Waals surface area contributed by atoms with Gasteiger partial charge in [-0.15, -0.1) is 0 Å². The van der Waals surface area contributed by atoms with Gasteiger partial charge in [0.05, 0.1) is 0 Å². The molecule has 0 aliphatic rings. The van der Waals surface area contributed by atoms with Crippen LogP contribution in [-0.4, -0.2) is 9.97 Å². The van der Waals surface area contributed by atoms with Gasteiger partial charge in [0.15, 0.2) is 5.75 Å². The second-order valence-corrected chi connectivity index (χ2v) is 4.13. The van der Waals surface area contributed by atoms with E-state index in [1.54, 1.807) is 36.5 Å². The zero-order chi connectivity index (χ0) is 13.9. The molecule has 20 heavy (non-hydrogen) atoms. The molecule has 0 bridgehead atoms. The Balaban J connectivity index is 2.07. The average molecular weight is 262 g/mol. The number of nitrogen functional groups attached to an aromatic ring is 1. The molecule has 0 amide bonds. The van der Waals surface area contributed by atoms with Crippen LogP contribution in [0, 0.1) is 11.3 Å². The highest BCUT2D eigenvalue weighted by atomic mass is 16.5. The molecule has 0 fully saturated rings. The van der Waals surface area contributed by atoms with Crippen LogP contribution in [0.3, 0.4) is 0 Å². The molecule has 0 unspecified atom stereocenters. The van der Waals surface area contributed by atoms with Crippen LogP contribution in [0.1, 0.15) is 5.69 Å². The first-order chi connectivity index (χ1) is 9.78. The number of nitrogens with zero attached hydrogens (tertiary/aromatic N) is 3. The molecule has 5 heteroatoms. The van der Waals surface area contributed by atoms with E-state index in [1.165, 1.54) is 0 Å². The van der Waals surface area contributed by atoms with Crippen LogP contribution < -0.4 is 10.5 Å². The summed E-state index contributed by atoms with van der Waals surface area (Å²) in [7, 11) is 0. The topological polar surface area (TPSA) is 84.8 Å². The Labute approximate surface area is 115 Å². The molecule has 0 saturated carbocycles. The number of hydrogen-bond donors (Lipinski definition) is 1. The molecule has 2 heterocycles. The molecule has 3 rings (SSSR count). The molecule has 2 aromatic heterocycles. The molecule has 0 atom stereocenters. The molecule has 3 aromatic rings. The summed E-state index contributed by atoms with van der Waals surface area (Å²) in [6, 6.07) is 14.2. The summed E-state index contributed by atoms with van der Waals surface area (Å²) in [4.78, 5) is 8.36. The van der Waals surface area contributed by atoms with E-state index in [0.29, 0.717) is 28.5 Å². The molecular formula is C15H10N4O. The van der Waals surface area contributed by atoms with Crippen molar-refractivity contribution in [2.75, 3.05) is 5.73 Å². The number of rotatable bonds is 2. The number of benzene rings is 1. The Morgan fingerprint density at radius 1 is 1.10 bits per heavy atom. The number of ether oxygens (including phenoxy) is 1. The molecule has 0 radical (unpaired) electrons. The molecular weight excluding hydrogens is 252 g/mol. The SMILES string of the molecule is N#Cc1cccc(Oc2ccc(N)c3cccnc23)n1. The molecule has 5 nitrogen and oxygen atoms in total. The third-order valence-electron chi connectivity index (χ3n) is 2.82. The number of nitrogens with two attached hydrogens (primary N) is 1. The van der Waals surface area contributed by atoms with E-state index < -0.39 is 0 Å². The minimum absolute atomic E-state index is 0.301. The van der Waals surface area contributed by atoms with Gasteiger partial charge in [0.1, 0.15) is 17.3 Å². The van der Waals surface area contributed by atoms with Crippen LogP contribution in [0.4, 0.5) is 5.69 Å². The Hall–Kier alpha value is -3.13. The predicted molar refractivity (Wildman–Crippen MR) is 75.2 cm³/mol. The summed E-state index contributed by atoms with van der Waals surface area (Å²) in [6.45, 7) is 0. The molecule has 0 saturated heterocycles. The van der Waals surface area contributed by atoms with Crippen LogP contribution in [0.2, 0.25) is 0 Å². The van der Waals surface area contributed by atoms with Crippen molar-refractivity contribution in [3.8, 4) is 17.7 Å². The summed E-state index contributed by atoms with van der Waals surface area (Å²) in [5, 5.41) is 9.66. The monoisotopic (exact) mass is 262 g/mol. The second-order valence-electron chi connectivity index (χ2n) is 4.13. The van der Waals surface area contributed by atoms with E-state index in [-0.39, 0.29) is 0 Å². The van der Waals surface area contributed by atoms with Crippen molar-refractivity contribution < 1.29 is 4.74 Å². The fraction of sp³-hybridized carbons (Fsp3) is 0. The third kappa shape index (κ3) is 2.10. The second kappa shape index (κ2) is 4.86. The lowest BCUT2D eigenvalue weighted by atomic mass is 10.2. The maximum absolute atomic E-state index is 8.84. The number of hydrogen-bond acceptors (Lipinski definition) is 5. The number of aromatic nitrogens is 2. The summed E-state index contributed by atoms with van der Waals surface area (Å²) < 4.78 is 5.71. The van der Waals surface area contributed by atoms with Crippen molar-refractivity contribution in [3.63, 3.8) is 0 Å². The standard InChI is InChI=1S/C15H10N4O/c16-9-10-3-1-5-14(19-10)20-13-7-6-12(17)11-4-2-8-18-15(11)13/h1-8H,17H2. The van der Waals surface area contributed by atoms with Crippen molar-refractivity contribution in [2.45, 2.75) is 0 Å². The van der Waals surface area contributed by atoms with E-state index in [4.69, 9.17) is 15.7 Å². The number of anilines is 1. The van der Waals surface area contributed by atoms with Crippen LogP contribution in [0.25, 0.3) is 10.9 Å². The fourth-order valence-electron chi connectivity index (χ4n) is 1.90. The van der Waals surface area contributed by atoms with Crippen molar-refractivity contribution in [2.24, 2.45) is 0 Å². The first kappa shape index (κ1) is 11.9. The lowest BCUT2D eigenvalue weighted by Gasteiger charge is -2.08. The van der Waals surface area contributed by atoms with Crippen molar-refractivity contribution in [3.05, 3.63) is 54.4 Å². The molecule has 0 aliphatic heterocycles. The Bertz CT molecular complexity index is 823. The number of pyridine rings is 2. The quantitative estimate of drug-likeness (QED) is 0.718. The fourth-order valence-corrected chi connectivity index (χ4v) is 1.90. The zero-order valence-corrected chi connectivity index (χ0v) is 10.4. The largest absolute Gasteiger partial charge is 0.437 e. The first-order valence-corrected chi connectivity index (χ1v) is 5.96. The van der Waals surface area contributed by atoms with Gasteiger partial charge in [-0.2, -0.15) is 5.26 Å². The number of fused-ring (bicyclic) bond motifs is 1. The minimum Gasteiger partial charge on any atom is -0.437 e. The van der Waals surface area contributed by atoms with E-state index >= 15 is 0 Å². The van der Waals surface area contributed by atoms with Crippen LogP contribution in [0.5, 0.6) is 11.6 Å². The Morgan fingerprint density at radius 2 is 2.00 bits per heavy atom. The van der Waals surface area contributed by atoms with Crippen LogP contribution in [0.15, 0.2) is 48.7 Å². The van der Waals surface area contributed by atoms with Crippen molar-refractivity contribution in [1.82, 2.24) is 9.97 Å². The highest BCUT2D eigenvalue weighted by molar-refractivity contribution is 5.94. The van der Waals surface area contributed by atoms with Gasteiger partial charge in [-0.05, 0) is 30.3 Å². The van der Waals surface area contributed by atoms with E-state index in [9.17, 15) is 0 Å². The molecule has 96 valence electrons. The van der Waals surface area contributed by atoms with Gasteiger partial charge in [0, 0.05) is 23.3 Å². The van der Waals surface area contributed by atoms with Crippen molar-refractivity contribution in [1.29, 1.82) is 5.26 Å². The maximum Gasteiger partial charge on any atom is 0.220 e. The van der Waals surface area contributed by atoms with E-state index in [2.05, 4.69) is 9.97 Å². The summed E-state index contributed by atoms with van der Waals surface area (Å²) in [5.41, 5.74) is 7.51. The molecule has 0 spiro atoms. The summed E-state index contributed by atoms with van der Waals surface area (Å²) in [5.74, 6) is 0.901. The van der Waals surface area contributed by atoms with Gasteiger partial charge < -0.3 is 10.5 Å². The van der Waals surface area contributed by atoms with Crippen molar-refractivity contribution >= 4 is 16.6 Å². The highest BCUT2D eigenvalue weighted by Gasteiger charge is 2.08. The van der Waals surface area contributed by atoms with Gasteiger partial charge in [-0.3, -0.25) is 4.98 Å². The van der Waals surface area contributed by atoms with Gasteiger partial charge in [0.25, 0.3) is 0 Å². The van der Waals surface area contributed by atoms with Gasteiger partial charge in [-0.25, -0.2) is 4.98 Å². The number of nitriles is 1. The Morgan fingerprint density at radius 3 is 2.85 bits per heavy atom. The smallest absolute Gasteiger partial charge is 0.220 e. The van der Waals surface area contributed by atoms with Gasteiger partial charge >= 0.3 is 0 Å². The van der Waals surface area contributed by atoms with E-state index in [0.717, 1.165) is 5.39 Å². The minimum atomic E-state index is 0.301. The lowest BCUT2D eigenvalue weighted by molar-refractivity contribution is 0.466. The highest BCUT2D eigenvalue weighted by Crippen LogP contribution is 2.30. The first-order valence-electron chi connectivity index (χ1n) is 5.96. The lowest BCUT2D eigenvalue weighted by Crippen LogP contribution is -1.94. The average Bonchev–Trinajstić information content (AvgIpc) is 2.51.